The summed E-state index contributed by atoms with van der Waals surface area (Å²) in [5.74, 6) is 0. The van der Waals surface area contributed by atoms with Gasteiger partial charge in [-0.15, -0.1) is 0 Å². The smallest absolute Gasteiger partial charge is 0.000781 e. The van der Waals surface area contributed by atoms with Crippen LogP contribution in [-0.4, -0.2) is 35.6 Å². The zero-order valence-corrected chi connectivity index (χ0v) is 6.86. The summed E-state index contributed by atoms with van der Waals surface area (Å²) >= 11 is 0. The Morgan fingerprint density at radius 2 is 1.83 bits per heavy atom. The van der Waals surface area contributed by atoms with Crippen molar-refractivity contribution in [3.05, 3.63) is 0 Å². The summed E-state index contributed by atoms with van der Waals surface area (Å²) in [6.07, 6.45) is 1.08. The van der Waals surface area contributed by atoms with Crippen molar-refractivity contribution in [3.8, 4) is 0 Å². The van der Waals surface area contributed by atoms with Gasteiger partial charge in [-0.05, 0) is 13.3 Å². The first kappa shape index (κ1) is 10.0. The van der Waals surface area contributed by atoms with E-state index in [1.54, 1.807) is 0 Å². The maximum atomic E-state index is 5.29. The third kappa shape index (κ3) is 8.88. The summed E-state index contributed by atoms with van der Waals surface area (Å²) in [7, 11) is 0. The van der Waals surface area contributed by atoms with E-state index >= 15 is 0 Å². The van der Waals surface area contributed by atoms with E-state index in [2.05, 4.69) is 6.92 Å². The maximum absolute atomic E-state index is 5.29. The minimum atomic E-state index is 0. The molecule has 0 aromatic carbocycles. The van der Waals surface area contributed by atoms with Crippen LogP contribution in [0.15, 0.2) is 0 Å². The Hall–Kier alpha value is 0.960. The molecule has 0 saturated carbocycles. The van der Waals surface area contributed by atoms with Gasteiger partial charge in [0.2, 0.25) is 0 Å². The first-order valence-electron chi connectivity index (χ1n) is 2.03. The van der Waals surface area contributed by atoms with Crippen molar-refractivity contribution in [2.45, 2.75) is 26.3 Å². The molecule has 0 aliphatic rings. The van der Waals surface area contributed by atoms with Gasteiger partial charge in [0.15, 0.2) is 0 Å². The molecule has 1 unspecified atom stereocenters. The van der Waals surface area contributed by atoms with E-state index in [-0.39, 0.29) is 29.6 Å². The number of nitrogens with two attached hydrogens (primary N) is 1. The molecule has 6 heavy (non-hydrogen) atoms. The molecule has 0 aromatic rings. The minimum Gasteiger partial charge on any atom is -0.328 e. The molecule has 0 spiro atoms. The Balaban J connectivity index is 0. The average Bonchev–Trinajstić information content (AvgIpc) is 1.38. The quantitative estimate of drug-likeness (QED) is 0.469. The molecule has 2 heteroatoms. The van der Waals surface area contributed by atoms with Crippen LogP contribution in [0.3, 0.4) is 0 Å². The normalized spacial score (nSPS) is 12.5. The third-order valence-electron chi connectivity index (χ3n) is 0.644. The first-order valence-corrected chi connectivity index (χ1v) is 2.03. The number of rotatable bonds is 1. The fourth-order valence-electron chi connectivity index (χ4n) is 0. The van der Waals surface area contributed by atoms with Crippen molar-refractivity contribution in [1.29, 1.82) is 0 Å². The monoisotopic (exact) mass is 96.1 g/mol. The standard InChI is InChI=1S/C4H11N.Na/c1-3-4(2)5;/h4H,3,5H2,1-2H3;. The van der Waals surface area contributed by atoms with Gasteiger partial charge in [-0.1, -0.05) is 6.92 Å². The van der Waals surface area contributed by atoms with Gasteiger partial charge in [-0.25, -0.2) is 0 Å². The summed E-state index contributed by atoms with van der Waals surface area (Å²) in [5, 5.41) is 0. The van der Waals surface area contributed by atoms with Gasteiger partial charge in [0.25, 0.3) is 0 Å². The molecule has 0 aliphatic heterocycles. The summed E-state index contributed by atoms with van der Waals surface area (Å²) in [4.78, 5) is 0. The van der Waals surface area contributed by atoms with Gasteiger partial charge in [0.05, 0.1) is 0 Å². The van der Waals surface area contributed by atoms with Crippen molar-refractivity contribution >= 4 is 29.6 Å². The van der Waals surface area contributed by atoms with Gasteiger partial charge in [-0.3, -0.25) is 0 Å². The molecule has 1 nitrogen and oxygen atoms in total. The van der Waals surface area contributed by atoms with Gasteiger partial charge in [-0.2, -0.15) is 0 Å². The van der Waals surface area contributed by atoms with E-state index in [1.807, 2.05) is 6.92 Å². The molecule has 33 valence electrons. The molecular weight excluding hydrogens is 85.0 g/mol. The van der Waals surface area contributed by atoms with Crippen LogP contribution in [0, 0.1) is 0 Å². The summed E-state index contributed by atoms with van der Waals surface area (Å²) in [6, 6.07) is 0.384. The van der Waals surface area contributed by atoms with E-state index in [0.29, 0.717) is 6.04 Å². The second-order valence-electron chi connectivity index (χ2n) is 1.39. The zero-order chi connectivity index (χ0) is 4.28. The SMILES string of the molecule is CCC(C)N.[Na]. The summed E-state index contributed by atoms with van der Waals surface area (Å²) in [5.41, 5.74) is 5.29. The van der Waals surface area contributed by atoms with Crippen LogP contribution in [0.25, 0.3) is 0 Å². The summed E-state index contributed by atoms with van der Waals surface area (Å²) < 4.78 is 0. The zero-order valence-electron chi connectivity index (χ0n) is 4.86. The van der Waals surface area contributed by atoms with E-state index in [9.17, 15) is 0 Å². The van der Waals surface area contributed by atoms with E-state index in [4.69, 9.17) is 5.73 Å². The Morgan fingerprint density at radius 3 is 1.83 bits per heavy atom. The molecule has 0 amide bonds. The van der Waals surface area contributed by atoms with Gasteiger partial charge >= 0.3 is 0 Å². The molecule has 2 N–H and O–H groups in total. The maximum Gasteiger partial charge on any atom is 0.000781 e. The van der Waals surface area contributed by atoms with Crippen LogP contribution >= 0.6 is 0 Å². The predicted octanol–water partition coefficient (Wildman–Crippen LogP) is 0.363. The molecule has 0 aliphatic carbocycles. The predicted molar refractivity (Wildman–Crippen MR) is 29.7 cm³/mol. The van der Waals surface area contributed by atoms with Crippen molar-refractivity contribution in [2.24, 2.45) is 5.73 Å². The van der Waals surface area contributed by atoms with E-state index < -0.39 is 0 Å². The molecule has 0 bridgehead atoms. The largest absolute Gasteiger partial charge is 0.328 e. The second-order valence-corrected chi connectivity index (χ2v) is 1.39. The van der Waals surface area contributed by atoms with Gasteiger partial charge in [0.1, 0.15) is 0 Å². The number of hydrogen-bond acceptors (Lipinski definition) is 1. The third-order valence-corrected chi connectivity index (χ3v) is 0.644. The van der Waals surface area contributed by atoms with Crippen LogP contribution in [0.2, 0.25) is 0 Å². The van der Waals surface area contributed by atoms with Gasteiger partial charge < -0.3 is 5.73 Å². The molecule has 0 rings (SSSR count). The fraction of sp³-hybridized carbons (Fsp3) is 1.00. The molecule has 0 heterocycles. The fourth-order valence-corrected chi connectivity index (χ4v) is 0. The molecule has 1 atom stereocenters. The van der Waals surface area contributed by atoms with Gasteiger partial charge in [0, 0.05) is 35.6 Å². The molecule has 0 fully saturated rings. The topological polar surface area (TPSA) is 26.0 Å². The van der Waals surface area contributed by atoms with Crippen LogP contribution in [-0.2, 0) is 0 Å². The Labute approximate surface area is 61.6 Å². The molecule has 1 radical (unpaired) electrons. The second kappa shape index (κ2) is 5.96. The van der Waals surface area contributed by atoms with Crippen LogP contribution in [0.4, 0.5) is 0 Å². The van der Waals surface area contributed by atoms with Crippen molar-refractivity contribution < 1.29 is 0 Å². The van der Waals surface area contributed by atoms with E-state index in [1.165, 1.54) is 0 Å². The Bertz CT molecular complexity index is 21.5. The molecule has 0 saturated heterocycles. The molecular formula is C4H11NNa. The van der Waals surface area contributed by atoms with Crippen LogP contribution in [0.1, 0.15) is 20.3 Å². The Kier molecular flexibility index (Phi) is 9.98. The van der Waals surface area contributed by atoms with Crippen molar-refractivity contribution in [1.82, 2.24) is 0 Å². The Morgan fingerprint density at radius 1 is 1.67 bits per heavy atom. The minimum absolute atomic E-state index is 0. The summed E-state index contributed by atoms with van der Waals surface area (Å²) in [6.45, 7) is 4.07. The van der Waals surface area contributed by atoms with E-state index in [0.717, 1.165) is 6.42 Å². The van der Waals surface area contributed by atoms with Crippen LogP contribution < -0.4 is 5.73 Å². The first-order chi connectivity index (χ1) is 2.27. The van der Waals surface area contributed by atoms with Crippen LogP contribution in [0.5, 0.6) is 0 Å². The number of hydrogen-bond donors (Lipinski definition) is 1. The van der Waals surface area contributed by atoms with Crippen molar-refractivity contribution in [2.75, 3.05) is 0 Å². The average molecular weight is 96.1 g/mol. The molecule has 0 aromatic heterocycles. The van der Waals surface area contributed by atoms with Crippen molar-refractivity contribution in [3.63, 3.8) is 0 Å².